The van der Waals surface area contributed by atoms with Crippen LogP contribution in [0.1, 0.15) is 18.5 Å². The van der Waals surface area contributed by atoms with Crippen LogP contribution in [0.2, 0.25) is 0 Å². The van der Waals surface area contributed by atoms with E-state index in [1.54, 1.807) is 38.5 Å². The second kappa shape index (κ2) is 8.08. The lowest BCUT2D eigenvalue weighted by Gasteiger charge is -2.17. The van der Waals surface area contributed by atoms with Crippen molar-refractivity contribution < 1.29 is 19.0 Å². The van der Waals surface area contributed by atoms with Gasteiger partial charge in [0.15, 0.2) is 6.61 Å². The van der Waals surface area contributed by atoms with Gasteiger partial charge in [-0.1, -0.05) is 18.2 Å². The predicted octanol–water partition coefficient (Wildman–Crippen LogP) is 2.96. The highest BCUT2D eigenvalue weighted by Crippen LogP contribution is 2.24. The summed E-state index contributed by atoms with van der Waals surface area (Å²) in [5.41, 5.74) is 0.924. The molecule has 1 amide bonds. The Morgan fingerprint density at radius 3 is 2.30 bits per heavy atom. The Hall–Kier alpha value is -2.69. The standard InChI is InChI=1S/C18H21NO4/c1-13(16-6-4-5-7-17(16)22-3)19-18(20)12-23-15-10-8-14(21-2)9-11-15/h4-11,13H,12H2,1-3H3,(H,19,20)/t13-/m0/s1. The number of nitrogens with one attached hydrogen (secondary N) is 1. The van der Waals surface area contributed by atoms with E-state index in [4.69, 9.17) is 14.2 Å². The molecule has 0 heterocycles. The highest BCUT2D eigenvalue weighted by molar-refractivity contribution is 5.78. The number of rotatable bonds is 7. The van der Waals surface area contributed by atoms with Crippen LogP contribution in [0, 0.1) is 0 Å². The van der Waals surface area contributed by atoms with E-state index in [0.717, 1.165) is 17.1 Å². The summed E-state index contributed by atoms with van der Waals surface area (Å²) in [4.78, 5) is 12.0. The van der Waals surface area contributed by atoms with Crippen molar-refractivity contribution in [2.75, 3.05) is 20.8 Å². The highest BCUT2D eigenvalue weighted by atomic mass is 16.5. The van der Waals surface area contributed by atoms with Crippen LogP contribution in [0.25, 0.3) is 0 Å². The Balaban J connectivity index is 1.88. The largest absolute Gasteiger partial charge is 0.497 e. The van der Waals surface area contributed by atoms with Crippen molar-refractivity contribution in [2.45, 2.75) is 13.0 Å². The molecule has 23 heavy (non-hydrogen) atoms. The molecule has 0 aromatic heterocycles. The van der Waals surface area contributed by atoms with E-state index in [1.165, 1.54) is 0 Å². The van der Waals surface area contributed by atoms with Gasteiger partial charge in [-0.05, 0) is 37.3 Å². The molecular formula is C18H21NO4. The van der Waals surface area contributed by atoms with E-state index in [9.17, 15) is 4.79 Å². The van der Waals surface area contributed by atoms with Crippen LogP contribution < -0.4 is 19.5 Å². The first-order valence-electron chi connectivity index (χ1n) is 7.33. The molecule has 2 aromatic rings. The third kappa shape index (κ3) is 4.64. The van der Waals surface area contributed by atoms with Crippen LogP contribution in [0.5, 0.6) is 17.2 Å². The molecule has 0 bridgehead atoms. The number of carbonyl (C=O) groups excluding carboxylic acids is 1. The zero-order chi connectivity index (χ0) is 16.7. The first-order valence-corrected chi connectivity index (χ1v) is 7.33. The Morgan fingerprint density at radius 2 is 1.65 bits per heavy atom. The lowest BCUT2D eigenvalue weighted by molar-refractivity contribution is -0.123. The van der Waals surface area contributed by atoms with Crippen LogP contribution >= 0.6 is 0 Å². The van der Waals surface area contributed by atoms with Crippen molar-refractivity contribution in [1.82, 2.24) is 5.32 Å². The molecule has 0 radical (unpaired) electrons. The van der Waals surface area contributed by atoms with Gasteiger partial charge in [0.25, 0.3) is 5.91 Å². The minimum atomic E-state index is -0.195. The molecule has 2 aromatic carbocycles. The number of para-hydroxylation sites is 1. The van der Waals surface area contributed by atoms with Gasteiger partial charge >= 0.3 is 0 Å². The quantitative estimate of drug-likeness (QED) is 0.853. The SMILES string of the molecule is COc1ccc(OCC(=O)N[C@@H](C)c2ccccc2OC)cc1. The van der Waals surface area contributed by atoms with E-state index >= 15 is 0 Å². The minimum absolute atomic E-state index is 0.0498. The maximum atomic E-state index is 12.0. The molecular weight excluding hydrogens is 294 g/mol. The number of methoxy groups -OCH3 is 2. The molecule has 0 aliphatic rings. The first kappa shape index (κ1) is 16.7. The lowest BCUT2D eigenvalue weighted by Crippen LogP contribution is -2.31. The van der Waals surface area contributed by atoms with E-state index in [0.29, 0.717) is 5.75 Å². The maximum absolute atomic E-state index is 12.0. The Morgan fingerprint density at radius 1 is 1.00 bits per heavy atom. The summed E-state index contributed by atoms with van der Waals surface area (Å²) in [5.74, 6) is 1.91. The van der Waals surface area contributed by atoms with Crippen LogP contribution in [0.4, 0.5) is 0 Å². The van der Waals surface area contributed by atoms with Gasteiger partial charge in [0.1, 0.15) is 17.2 Å². The number of carbonyl (C=O) groups is 1. The zero-order valence-corrected chi connectivity index (χ0v) is 13.5. The topological polar surface area (TPSA) is 56.8 Å². The van der Waals surface area contributed by atoms with Gasteiger partial charge in [-0.3, -0.25) is 4.79 Å². The van der Waals surface area contributed by atoms with Gasteiger partial charge < -0.3 is 19.5 Å². The summed E-state index contributed by atoms with van der Waals surface area (Å²) in [6.07, 6.45) is 0. The molecule has 0 spiro atoms. The molecule has 0 saturated heterocycles. The summed E-state index contributed by atoms with van der Waals surface area (Å²) in [7, 11) is 3.21. The van der Waals surface area contributed by atoms with Gasteiger partial charge in [-0.2, -0.15) is 0 Å². The van der Waals surface area contributed by atoms with Crippen LogP contribution in [0.15, 0.2) is 48.5 Å². The van der Waals surface area contributed by atoms with Gasteiger partial charge in [-0.25, -0.2) is 0 Å². The van der Waals surface area contributed by atoms with E-state index in [2.05, 4.69) is 5.32 Å². The summed E-state index contributed by atoms with van der Waals surface area (Å²) >= 11 is 0. The van der Waals surface area contributed by atoms with Gasteiger partial charge in [-0.15, -0.1) is 0 Å². The van der Waals surface area contributed by atoms with E-state index in [1.807, 2.05) is 31.2 Å². The van der Waals surface area contributed by atoms with E-state index in [-0.39, 0.29) is 18.6 Å². The molecule has 0 fully saturated rings. The highest BCUT2D eigenvalue weighted by Gasteiger charge is 2.13. The zero-order valence-electron chi connectivity index (χ0n) is 13.5. The molecule has 5 heteroatoms. The Labute approximate surface area is 136 Å². The van der Waals surface area contributed by atoms with Crippen molar-refractivity contribution in [3.63, 3.8) is 0 Å². The Kier molecular flexibility index (Phi) is 5.86. The third-order valence-corrected chi connectivity index (χ3v) is 3.41. The number of ether oxygens (including phenoxy) is 3. The molecule has 0 unspecified atom stereocenters. The summed E-state index contributed by atoms with van der Waals surface area (Å²) < 4.78 is 15.8. The number of amides is 1. The Bertz CT molecular complexity index is 640. The monoisotopic (exact) mass is 315 g/mol. The van der Waals surface area contributed by atoms with Crippen molar-refractivity contribution in [3.05, 3.63) is 54.1 Å². The molecule has 122 valence electrons. The summed E-state index contributed by atoms with van der Waals surface area (Å²) in [6.45, 7) is 1.86. The van der Waals surface area contributed by atoms with Gasteiger partial charge in [0.05, 0.1) is 20.3 Å². The first-order chi connectivity index (χ1) is 11.1. The van der Waals surface area contributed by atoms with E-state index < -0.39 is 0 Å². The molecule has 0 saturated carbocycles. The van der Waals surface area contributed by atoms with Crippen molar-refractivity contribution in [2.24, 2.45) is 0 Å². The van der Waals surface area contributed by atoms with Crippen molar-refractivity contribution in [1.29, 1.82) is 0 Å². The molecule has 1 atom stereocenters. The number of hydrogen-bond acceptors (Lipinski definition) is 4. The summed E-state index contributed by atoms with van der Waals surface area (Å²) in [6, 6.07) is 14.5. The van der Waals surface area contributed by atoms with Crippen molar-refractivity contribution >= 4 is 5.91 Å². The third-order valence-electron chi connectivity index (χ3n) is 3.41. The average molecular weight is 315 g/mol. The second-order valence-corrected chi connectivity index (χ2v) is 5.00. The van der Waals surface area contributed by atoms with Gasteiger partial charge in [0.2, 0.25) is 0 Å². The van der Waals surface area contributed by atoms with Crippen LogP contribution in [0.3, 0.4) is 0 Å². The summed E-state index contributed by atoms with van der Waals surface area (Å²) in [5, 5.41) is 2.90. The molecule has 0 aliphatic heterocycles. The van der Waals surface area contributed by atoms with Crippen LogP contribution in [-0.4, -0.2) is 26.7 Å². The number of benzene rings is 2. The fourth-order valence-electron chi connectivity index (χ4n) is 2.21. The molecule has 2 rings (SSSR count). The van der Waals surface area contributed by atoms with Crippen molar-refractivity contribution in [3.8, 4) is 17.2 Å². The molecule has 0 aliphatic carbocycles. The smallest absolute Gasteiger partial charge is 0.258 e. The normalized spacial score (nSPS) is 11.4. The lowest BCUT2D eigenvalue weighted by atomic mass is 10.1. The van der Waals surface area contributed by atoms with Crippen LogP contribution in [-0.2, 0) is 4.79 Å². The molecule has 1 N–H and O–H groups in total. The second-order valence-electron chi connectivity index (χ2n) is 5.00. The average Bonchev–Trinajstić information content (AvgIpc) is 2.60. The maximum Gasteiger partial charge on any atom is 0.258 e. The fourth-order valence-corrected chi connectivity index (χ4v) is 2.21. The predicted molar refractivity (Wildman–Crippen MR) is 88.0 cm³/mol. The minimum Gasteiger partial charge on any atom is -0.497 e. The number of hydrogen-bond donors (Lipinski definition) is 1. The van der Waals surface area contributed by atoms with Gasteiger partial charge in [0, 0.05) is 5.56 Å². The fraction of sp³-hybridized carbons (Fsp3) is 0.278. The molecule has 5 nitrogen and oxygen atoms in total.